The van der Waals surface area contributed by atoms with Crippen LogP contribution in [0.2, 0.25) is 0 Å². The molecule has 1 aromatic carbocycles. The van der Waals surface area contributed by atoms with Crippen LogP contribution < -0.4 is 4.90 Å². The molecule has 0 saturated heterocycles. The molecule has 0 amide bonds. The lowest BCUT2D eigenvalue weighted by molar-refractivity contribution is 0.222. The molecule has 8 heteroatoms. The van der Waals surface area contributed by atoms with Gasteiger partial charge >= 0.3 is 0 Å². The smallest absolute Gasteiger partial charge is 0.257 e. The maximum absolute atomic E-state index is 15.0. The predicted octanol–water partition coefficient (Wildman–Crippen LogP) is 4.06. The van der Waals surface area contributed by atoms with Crippen molar-refractivity contribution < 1.29 is 13.5 Å². The monoisotopic (exact) mass is 383 g/mol. The standard InChI is InChI=1S/C20H19F2N5O/c1-5-14-18(11(2)3)28-10-6-9-26(14)19-16-15(8-7-13(21)17(16)22)27-12(4)24-25-20(27)23-19/h5,7-8H,1-2,6,9-10H2,3-4H3. The van der Waals surface area contributed by atoms with Crippen molar-refractivity contribution in [1.82, 2.24) is 19.6 Å². The zero-order valence-corrected chi connectivity index (χ0v) is 15.7. The first-order chi connectivity index (χ1) is 13.4. The number of fused-ring (bicyclic) bond motifs is 3. The van der Waals surface area contributed by atoms with Crippen LogP contribution in [0.5, 0.6) is 0 Å². The molecule has 3 heterocycles. The van der Waals surface area contributed by atoms with Crippen LogP contribution in [0.15, 0.2) is 48.4 Å². The van der Waals surface area contributed by atoms with E-state index in [1.807, 2.05) is 6.92 Å². The van der Waals surface area contributed by atoms with Crippen molar-refractivity contribution >= 4 is 22.5 Å². The highest BCUT2D eigenvalue weighted by atomic mass is 19.2. The molecule has 1 aliphatic heterocycles. The lowest BCUT2D eigenvalue weighted by atomic mass is 10.1. The molecule has 2 aromatic heterocycles. The normalized spacial score (nSPS) is 15.1. The first-order valence-electron chi connectivity index (χ1n) is 8.86. The van der Waals surface area contributed by atoms with Gasteiger partial charge in [-0.05, 0) is 44.1 Å². The van der Waals surface area contributed by atoms with Crippen LogP contribution in [0.3, 0.4) is 0 Å². The summed E-state index contributed by atoms with van der Waals surface area (Å²) in [5, 5.41) is 8.16. The average molecular weight is 383 g/mol. The van der Waals surface area contributed by atoms with Crippen LogP contribution in [0.25, 0.3) is 16.7 Å². The Morgan fingerprint density at radius 1 is 1.29 bits per heavy atom. The second kappa shape index (κ2) is 6.70. The molecule has 0 spiro atoms. The van der Waals surface area contributed by atoms with E-state index in [2.05, 4.69) is 28.3 Å². The van der Waals surface area contributed by atoms with Gasteiger partial charge in [0.1, 0.15) is 17.4 Å². The van der Waals surface area contributed by atoms with E-state index in [0.717, 1.165) is 6.07 Å². The summed E-state index contributed by atoms with van der Waals surface area (Å²) >= 11 is 0. The lowest BCUT2D eigenvalue weighted by Gasteiger charge is -2.25. The van der Waals surface area contributed by atoms with Crippen LogP contribution in [-0.4, -0.2) is 32.7 Å². The van der Waals surface area contributed by atoms with Gasteiger partial charge in [-0.1, -0.05) is 13.2 Å². The Morgan fingerprint density at radius 3 is 2.79 bits per heavy atom. The van der Waals surface area contributed by atoms with Gasteiger partial charge in [0, 0.05) is 6.54 Å². The number of halogens is 2. The highest BCUT2D eigenvalue weighted by Crippen LogP contribution is 2.35. The molecule has 0 bridgehead atoms. The van der Waals surface area contributed by atoms with E-state index < -0.39 is 11.6 Å². The van der Waals surface area contributed by atoms with Gasteiger partial charge in [0.05, 0.1) is 23.2 Å². The molecule has 0 unspecified atom stereocenters. The van der Waals surface area contributed by atoms with Crippen LogP contribution in [0.1, 0.15) is 19.2 Å². The minimum atomic E-state index is -0.972. The number of hydrogen-bond acceptors (Lipinski definition) is 5. The molecule has 1 aliphatic rings. The van der Waals surface area contributed by atoms with Gasteiger partial charge in [0.2, 0.25) is 0 Å². The van der Waals surface area contributed by atoms with Gasteiger partial charge < -0.3 is 9.64 Å². The number of anilines is 1. The molecule has 0 N–H and O–H groups in total. The van der Waals surface area contributed by atoms with E-state index >= 15 is 0 Å². The molecule has 0 radical (unpaired) electrons. The molecule has 0 aliphatic carbocycles. The Bertz CT molecular complexity index is 1160. The van der Waals surface area contributed by atoms with E-state index in [-0.39, 0.29) is 11.2 Å². The summed E-state index contributed by atoms with van der Waals surface area (Å²) in [6.07, 6.45) is 2.27. The molecule has 0 saturated carbocycles. The number of aryl methyl sites for hydroxylation is 1. The Labute approximate surface area is 160 Å². The number of allylic oxidation sites excluding steroid dienone is 2. The van der Waals surface area contributed by atoms with Crippen molar-refractivity contribution in [3.63, 3.8) is 0 Å². The Hall–Kier alpha value is -3.29. The zero-order chi connectivity index (χ0) is 20.0. The van der Waals surface area contributed by atoms with Crippen molar-refractivity contribution in [2.24, 2.45) is 0 Å². The number of benzene rings is 1. The number of rotatable bonds is 3. The maximum atomic E-state index is 15.0. The summed E-state index contributed by atoms with van der Waals surface area (Å²) in [6.45, 7) is 12.3. The van der Waals surface area contributed by atoms with Crippen LogP contribution in [0, 0.1) is 18.6 Å². The minimum absolute atomic E-state index is 0.0534. The summed E-state index contributed by atoms with van der Waals surface area (Å²) in [6, 6.07) is 2.60. The van der Waals surface area contributed by atoms with Gasteiger partial charge in [-0.3, -0.25) is 4.40 Å². The Kier molecular flexibility index (Phi) is 4.33. The van der Waals surface area contributed by atoms with Gasteiger partial charge in [-0.15, -0.1) is 10.2 Å². The van der Waals surface area contributed by atoms with E-state index in [1.54, 1.807) is 22.3 Å². The third kappa shape index (κ3) is 2.64. The number of aromatic nitrogens is 4. The van der Waals surface area contributed by atoms with Crippen molar-refractivity contribution in [2.45, 2.75) is 20.3 Å². The quantitative estimate of drug-likeness (QED) is 0.683. The first-order valence-corrected chi connectivity index (χ1v) is 8.86. The summed E-state index contributed by atoms with van der Waals surface area (Å²) in [4.78, 5) is 6.30. The third-order valence-electron chi connectivity index (χ3n) is 4.68. The fraction of sp³-hybridized carbons (Fsp3) is 0.250. The van der Waals surface area contributed by atoms with Crippen molar-refractivity contribution in [3.8, 4) is 0 Å². The number of nitrogens with zero attached hydrogens (tertiary/aromatic N) is 5. The van der Waals surface area contributed by atoms with E-state index in [4.69, 9.17) is 4.74 Å². The summed E-state index contributed by atoms with van der Waals surface area (Å²) in [7, 11) is 0. The largest absolute Gasteiger partial charge is 0.491 e. The number of ether oxygens (including phenoxy) is 1. The minimum Gasteiger partial charge on any atom is -0.491 e. The van der Waals surface area contributed by atoms with E-state index in [0.29, 0.717) is 53.7 Å². The fourth-order valence-electron chi connectivity index (χ4n) is 3.47. The topological polar surface area (TPSA) is 55.5 Å². The molecular weight excluding hydrogens is 364 g/mol. The van der Waals surface area contributed by atoms with Crippen LogP contribution in [0.4, 0.5) is 14.6 Å². The van der Waals surface area contributed by atoms with Crippen molar-refractivity contribution in [2.75, 3.05) is 18.1 Å². The SMILES string of the molecule is C=CC1=C(C(=C)C)OCCCN1c1nc2nnc(C)n2c2ccc(F)c(F)c12. The number of hydrogen-bond donors (Lipinski definition) is 0. The molecular formula is C20H19F2N5O. The van der Waals surface area contributed by atoms with Crippen molar-refractivity contribution in [1.29, 1.82) is 0 Å². The second-order valence-corrected chi connectivity index (χ2v) is 6.63. The van der Waals surface area contributed by atoms with E-state index in [9.17, 15) is 8.78 Å². The third-order valence-corrected chi connectivity index (χ3v) is 4.68. The molecule has 3 aromatic rings. The Balaban J connectivity index is 2.12. The summed E-state index contributed by atoms with van der Waals surface area (Å²) in [5.41, 5.74) is 1.74. The van der Waals surface area contributed by atoms with Crippen molar-refractivity contribution in [3.05, 3.63) is 65.9 Å². The lowest BCUT2D eigenvalue weighted by Crippen LogP contribution is -2.25. The molecule has 0 fully saturated rings. The van der Waals surface area contributed by atoms with Gasteiger partial charge in [0.25, 0.3) is 5.78 Å². The Morgan fingerprint density at radius 2 is 2.07 bits per heavy atom. The first kappa shape index (κ1) is 18.1. The van der Waals surface area contributed by atoms with E-state index in [1.165, 1.54) is 6.07 Å². The summed E-state index contributed by atoms with van der Waals surface area (Å²) in [5.74, 6) is -0.290. The average Bonchev–Trinajstić information content (AvgIpc) is 2.91. The molecule has 6 nitrogen and oxygen atoms in total. The van der Waals surface area contributed by atoms with Crippen LogP contribution in [-0.2, 0) is 4.74 Å². The van der Waals surface area contributed by atoms with Gasteiger partial charge in [-0.25, -0.2) is 8.78 Å². The highest BCUT2D eigenvalue weighted by molar-refractivity contribution is 5.93. The molecule has 28 heavy (non-hydrogen) atoms. The second-order valence-electron chi connectivity index (χ2n) is 6.63. The van der Waals surface area contributed by atoms with Gasteiger partial charge in [-0.2, -0.15) is 4.98 Å². The highest BCUT2D eigenvalue weighted by Gasteiger charge is 2.26. The predicted molar refractivity (Wildman–Crippen MR) is 103 cm³/mol. The summed E-state index contributed by atoms with van der Waals surface area (Å²) < 4.78 is 36.6. The maximum Gasteiger partial charge on any atom is 0.257 e. The van der Waals surface area contributed by atoms with Crippen LogP contribution >= 0.6 is 0 Å². The molecule has 0 atom stereocenters. The molecule has 144 valence electrons. The fourth-order valence-corrected chi connectivity index (χ4v) is 3.47. The zero-order valence-electron chi connectivity index (χ0n) is 15.7. The van der Waals surface area contributed by atoms with Gasteiger partial charge in [0.15, 0.2) is 11.6 Å². The molecule has 4 rings (SSSR count).